The van der Waals surface area contributed by atoms with Crippen LogP contribution in [0.15, 0.2) is 12.4 Å². The van der Waals surface area contributed by atoms with Crippen LogP contribution in [-0.2, 0) is 23.1 Å². The molecule has 6 nitrogen and oxygen atoms in total. The van der Waals surface area contributed by atoms with Crippen LogP contribution >= 0.6 is 0 Å². The number of likely N-dealkylation sites (tertiary alicyclic amines) is 2. The van der Waals surface area contributed by atoms with Crippen LogP contribution in [0.2, 0.25) is 0 Å². The third-order valence-electron chi connectivity index (χ3n) is 5.75. The van der Waals surface area contributed by atoms with Crippen molar-refractivity contribution in [1.29, 1.82) is 0 Å². The Labute approximate surface area is 145 Å². The fraction of sp³-hybridized carbons (Fsp3) is 0.833. The van der Waals surface area contributed by atoms with Crippen molar-refractivity contribution in [2.24, 2.45) is 12.5 Å². The van der Waals surface area contributed by atoms with E-state index in [1.165, 1.54) is 44.5 Å². The van der Waals surface area contributed by atoms with Crippen molar-refractivity contribution in [3.63, 3.8) is 0 Å². The summed E-state index contributed by atoms with van der Waals surface area (Å²) < 4.78 is 12.7. The molecule has 2 aliphatic rings. The molecule has 136 valence electrons. The van der Waals surface area contributed by atoms with Crippen molar-refractivity contribution in [2.45, 2.75) is 31.8 Å². The van der Waals surface area contributed by atoms with Gasteiger partial charge in [-0.15, -0.1) is 0 Å². The van der Waals surface area contributed by atoms with Gasteiger partial charge in [0.1, 0.15) is 0 Å². The van der Waals surface area contributed by atoms with Gasteiger partial charge in [0.2, 0.25) is 0 Å². The zero-order chi connectivity index (χ0) is 17.0. The van der Waals surface area contributed by atoms with Gasteiger partial charge in [-0.1, -0.05) is 0 Å². The molecular weight excluding hydrogens is 304 g/mol. The van der Waals surface area contributed by atoms with E-state index in [0.29, 0.717) is 11.5 Å². The van der Waals surface area contributed by atoms with Crippen molar-refractivity contribution < 1.29 is 9.47 Å². The molecule has 0 saturated carbocycles. The summed E-state index contributed by atoms with van der Waals surface area (Å²) >= 11 is 0. The van der Waals surface area contributed by atoms with Gasteiger partial charge in [0, 0.05) is 58.7 Å². The molecule has 0 aliphatic carbocycles. The van der Waals surface area contributed by atoms with Gasteiger partial charge in [-0.2, -0.15) is 5.10 Å². The number of methoxy groups -OCH3 is 2. The Balaban J connectivity index is 1.54. The molecule has 2 aliphatic heterocycles. The Kier molecular flexibility index (Phi) is 5.92. The summed E-state index contributed by atoms with van der Waals surface area (Å²) in [5, 5.41) is 4.28. The van der Waals surface area contributed by atoms with Crippen LogP contribution in [0, 0.1) is 5.41 Å². The van der Waals surface area contributed by atoms with Crippen LogP contribution < -0.4 is 0 Å². The highest BCUT2D eigenvalue weighted by molar-refractivity contribution is 5.05. The van der Waals surface area contributed by atoms with E-state index in [9.17, 15) is 0 Å². The van der Waals surface area contributed by atoms with Crippen molar-refractivity contribution in [2.75, 3.05) is 53.6 Å². The van der Waals surface area contributed by atoms with Gasteiger partial charge in [0.25, 0.3) is 0 Å². The minimum atomic E-state index is 0.475. The summed E-state index contributed by atoms with van der Waals surface area (Å²) in [7, 11) is 5.59. The highest BCUT2D eigenvalue weighted by atomic mass is 16.5. The molecular formula is C18H32N4O2. The molecule has 24 heavy (non-hydrogen) atoms. The van der Waals surface area contributed by atoms with Crippen LogP contribution in [0.3, 0.4) is 0 Å². The fourth-order valence-corrected chi connectivity index (χ4v) is 4.44. The minimum absolute atomic E-state index is 0.475. The Bertz CT molecular complexity index is 511. The molecule has 0 amide bonds. The quantitative estimate of drug-likeness (QED) is 0.752. The van der Waals surface area contributed by atoms with Gasteiger partial charge in [-0.3, -0.25) is 14.5 Å². The maximum Gasteiger partial charge on any atom is 0.0618 e. The highest BCUT2D eigenvalue weighted by Gasteiger charge is 2.45. The molecule has 1 aromatic rings. The molecule has 0 radical (unpaired) electrons. The second kappa shape index (κ2) is 7.95. The van der Waals surface area contributed by atoms with E-state index in [1.807, 2.05) is 25.0 Å². The van der Waals surface area contributed by atoms with Crippen molar-refractivity contribution in [3.8, 4) is 0 Å². The average molecular weight is 336 g/mol. The zero-order valence-corrected chi connectivity index (χ0v) is 15.4. The summed E-state index contributed by atoms with van der Waals surface area (Å²) in [6.07, 6.45) is 7.96. The summed E-state index contributed by atoms with van der Waals surface area (Å²) in [6.45, 7) is 7.27. The lowest BCUT2D eigenvalue weighted by atomic mass is 9.76. The molecule has 1 atom stereocenters. The maximum atomic E-state index is 5.47. The fourth-order valence-electron chi connectivity index (χ4n) is 4.44. The predicted octanol–water partition coefficient (Wildman–Crippen LogP) is 1.37. The second-order valence-electron chi connectivity index (χ2n) is 7.57. The van der Waals surface area contributed by atoms with E-state index in [-0.39, 0.29) is 0 Å². The van der Waals surface area contributed by atoms with Gasteiger partial charge in [-0.25, -0.2) is 0 Å². The number of aromatic nitrogens is 2. The van der Waals surface area contributed by atoms with Crippen LogP contribution in [0.4, 0.5) is 0 Å². The van der Waals surface area contributed by atoms with Gasteiger partial charge in [-0.05, 0) is 37.8 Å². The number of nitrogens with zero attached hydrogens (tertiary/aromatic N) is 4. The first-order chi connectivity index (χ1) is 11.6. The normalized spacial score (nSPS) is 24.9. The molecule has 3 rings (SSSR count). The van der Waals surface area contributed by atoms with Gasteiger partial charge in [0.05, 0.1) is 19.4 Å². The van der Waals surface area contributed by atoms with Crippen LogP contribution in [-0.4, -0.2) is 79.2 Å². The van der Waals surface area contributed by atoms with Crippen LogP contribution in [0.1, 0.15) is 24.8 Å². The Morgan fingerprint density at radius 2 is 2.04 bits per heavy atom. The van der Waals surface area contributed by atoms with Gasteiger partial charge < -0.3 is 9.47 Å². The zero-order valence-electron chi connectivity index (χ0n) is 15.4. The number of rotatable bonds is 7. The lowest BCUT2D eigenvalue weighted by molar-refractivity contribution is 0.0858. The molecule has 2 fully saturated rings. The lowest BCUT2D eigenvalue weighted by Gasteiger charge is -2.39. The highest BCUT2D eigenvalue weighted by Crippen LogP contribution is 2.43. The number of piperidine rings is 1. The molecule has 0 bridgehead atoms. The first kappa shape index (κ1) is 17.9. The third-order valence-corrected chi connectivity index (χ3v) is 5.75. The SMILES string of the molecule is COCCN1CC2(CCN(Cc3cnn(C)c3)CC2)CC1COC. The molecule has 0 N–H and O–H groups in total. The molecule has 1 unspecified atom stereocenters. The molecule has 1 spiro atoms. The van der Waals surface area contributed by atoms with E-state index >= 15 is 0 Å². The third kappa shape index (κ3) is 4.17. The van der Waals surface area contributed by atoms with Gasteiger partial charge in [0.15, 0.2) is 0 Å². The van der Waals surface area contributed by atoms with Gasteiger partial charge >= 0.3 is 0 Å². The van der Waals surface area contributed by atoms with Crippen molar-refractivity contribution in [3.05, 3.63) is 18.0 Å². The Morgan fingerprint density at radius 1 is 1.25 bits per heavy atom. The first-order valence-electron chi connectivity index (χ1n) is 9.06. The van der Waals surface area contributed by atoms with E-state index in [1.54, 1.807) is 7.11 Å². The summed E-state index contributed by atoms with van der Waals surface area (Å²) in [5.74, 6) is 0. The van der Waals surface area contributed by atoms with Crippen molar-refractivity contribution in [1.82, 2.24) is 19.6 Å². The minimum Gasteiger partial charge on any atom is -0.383 e. The molecule has 0 aromatic carbocycles. The standard InChI is InChI=1S/C18H32N4O2/c1-20-12-16(11-19-20)13-21-6-4-18(5-7-21)10-17(14-24-3)22(15-18)8-9-23-2/h11-12,17H,4-10,13-15H2,1-3H3. The van der Waals surface area contributed by atoms with E-state index in [4.69, 9.17) is 9.47 Å². The largest absolute Gasteiger partial charge is 0.383 e. The van der Waals surface area contributed by atoms with E-state index in [0.717, 1.165) is 26.3 Å². The summed E-state index contributed by atoms with van der Waals surface area (Å²) in [5.41, 5.74) is 1.79. The second-order valence-corrected chi connectivity index (χ2v) is 7.57. The Hall–Kier alpha value is -0.950. The summed E-state index contributed by atoms with van der Waals surface area (Å²) in [4.78, 5) is 5.16. The molecule has 1 aromatic heterocycles. The molecule has 2 saturated heterocycles. The first-order valence-corrected chi connectivity index (χ1v) is 9.06. The predicted molar refractivity (Wildman–Crippen MR) is 93.9 cm³/mol. The molecule has 6 heteroatoms. The van der Waals surface area contributed by atoms with Crippen molar-refractivity contribution >= 4 is 0 Å². The van der Waals surface area contributed by atoms with E-state index in [2.05, 4.69) is 21.1 Å². The number of hydrogen-bond acceptors (Lipinski definition) is 5. The number of aryl methyl sites for hydroxylation is 1. The monoisotopic (exact) mass is 336 g/mol. The Morgan fingerprint density at radius 3 is 2.67 bits per heavy atom. The lowest BCUT2D eigenvalue weighted by Crippen LogP contribution is -2.41. The molecule has 3 heterocycles. The summed E-state index contributed by atoms with van der Waals surface area (Å²) in [6, 6.07) is 0.551. The smallest absolute Gasteiger partial charge is 0.0618 e. The maximum absolute atomic E-state index is 5.47. The number of hydrogen-bond donors (Lipinski definition) is 0. The topological polar surface area (TPSA) is 42.8 Å². The van der Waals surface area contributed by atoms with E-state index < -0.39 is 0 Å². The van der Waals surface area contributed by atoms with Crippen LogP contribution in [0.25, 0.3) is 0 Å². The average Bonchev–Trinajstić information content (AvgIpc) is 3.12. The van der Waals surface area contributed by atoms with Crippen LogP contribution in [0.5, 0.6) is 0 Å². The number of ether oxygens (including phenoxy) is 2.